The van der Waals surface area contributed by atoms with E-state index in [0.717, 1.165) is 32.6 Å². The van der Waals surface area contributed by atoms with Gasteiger partial charge in [-0.1, -0.05) is 0 Å². The Morgan fingerprint density at radius 1 is 1.60 bits per heavy atom. The Morgan fingerprint density at radius 3 is 3.00 bits per heavy atom. The molecule has 0 aromatic heterocycles. The van der Waals surface area contributed by atoms with Gasteiger partial charge in [0.15, 0.2) is 0 Å². The summed E-state index contributed by atoms with van der Waals surface area (Å²) in [7, 11) is 0. The van der Waals surface area contributed by atoms with Gasteiger partial charge >= 0.3 is 0 Å². The standard InChI is InChI=1S/C11H23NO3/c1-3-14-7-4-6-12-9-11(13)5-8-15-10(11)2/h10,12-13H,3-9H2,1-2H3. The third-order valence-corrected chi connectivity index (χ3v) is 2.94. The highest BCUT2D eigenvalue weighted by Gasteiger charge is 2.38. The lowest BCUT2D eigenvalue weighted by molar-refractivity contribution is -0.0262. The Kier molecular flexibility index (Phi) is 5.53. The normalized spacial score (nSPS) is 31.0. The molecule has 4 heteroatoms. The van der Waals surface area contributed by atoms with Gasteiger partial charge in [0.2, 0.25) is 0 Å². The summed E-state index contributed by atoms with van der Waals surface area (Å²) in [6.45, 7) is 7.64. The Balaban J connectivity index is 2.04. The number of rotatable bonds is 7. The van der Waals surface area contributed by atoms with Gasteiger partial charge < -0.3 is 19.9 Å². The van der Waals surface area contributed by atoms with Crippen LogP contribution in [0.15, 0.2) is 0 Å². The highest BCUT2D eigenvalue weighted by atomic mass is 16.5. The molecule has 0 aliphatic carbocycles. The molecule has 1 aliphatic rings. The van der Waals surface area contributed by atoms with Crippen molar-refractivity contribution in [3.8, 4) is 0 Å². The fourth-order valence-corrected chi connectivity index (χ4v) is 1.75. The average Bonchev–Trinajstić information content (AvgIpc) is 2.54. The number of ether oxygens (including phenoxy) is 2. The molecule has 2 unspecified atom stereocenters. The molecular weight excluding hydrogens is 194 g/mol. The second-order valence-electron chi connectivity index (χ2n) is 4.09. The first-order chi connectivity index (χ1) is 7.19. The van der Waals surface area contributed by atoms with Crippen LogP contribution in [-0.4, -0.2) is 49.7 Å². The lowest BCUT2D eigenvalue weighted by atomic mass is 9.97. The molecule has 0 spiro atoms. The van der Waals surface area contributed by atoms with Gasteiger partial charge in [-0.2, -0.15) is 0 Å². The molecule has 90 valence electrons. The predicted octanol–water partition coefficient (Wildman–Crippen LogP) is 0.542. The van der Waals surface area contributed by atoms with Crippen LogP contribution in [0.4, 0.5) is 0 Å². The zero-order valence-electron chi connectivity index (χ0n) is 9.79. The first kappa shape index (κ1) is 12.9. The summed E-state index contributed by atoms with van der Waals surface area (Å²) >= 11 is 0. The minimum Gasteiger partial charge on any atom is -0.386 e. The second kappa shape index (κ2) is 6.43. The smallest absolute Gasteiger partial charge is 0.105 e. The van der Waals surface area contributed by atoms with Crippen LogP contribution in [0, 0.1) is 0 Å². The summed E-state index contributed by atoms with van der Waals surface area (Å²) in [5, 5.41) is 13.4. The van der Waals surface area contributed by atoms with Crippen LogP contribution in [0.3, 0.4) is 0 Å². The molecule has 0 bridgehead atoms. The van der Waals surface area contributed by atoms with Crippen molar-refractivity contribution < 1.29 is 14.6 Å². The van der Waals surface area contributed by atoms with Crippen LogP contribution < -0.4 is 5.32 Å². The van der Waals surface area contributed by atoms with Crippen molar-refractivity contribution in [3.05, 3.63) is 0 Å². The molecule has 4 nitrogen and oxygen atoms in total. The van der Waals surface area contributed by atoms with Crippen molar-refractivity contribution in [2.24, 2.45) is 0 Å². The van der Waals surface area contributed by atoms with Gasteiger partial charge in [0.05, 0.1) is 6.10 Å². The third kappa shape index (κ3) is 4.07. The minimum absolute atomic E-state index is 0.0584. The summed E-state index contributed by atoms with van der Waals surface area (Å²) in [4.78, 5) is 0. The summed E-state index contributed by atoms with van der Waals surface area (Å²) in [6, 6.07) is 0. The third-order valence-electron chi connectivity index (χ3n) is 2.94. The summed E-state index contributed by atoms with van der Waals surface area (Å²) in [6.07, 6.45) is 1.66. The van der Waals surface area contributed by atoms with Gasteiger partial charge in [-0.05, 0) is 26.8 Å². The molecule has 0 aromatic carbocycles. The zero-order chi connectivity index (χ0) is 11.1. The van der Waals surface area contributed by atoms with Gasteiger partial charge in [0.25, 0.3) is 0 Å². The van der Waals surface area contributed by atoms with Crippen molar-refractivity contribution in [1.82, 2.24) is 5.32 Å². The van der Waals surface area contributed by atoms with Crippen molar-refractivity contribution in [3.63, 3.8) is 0 Å². The van der Waals surface area contributed by atoms with E-state index in [0.29, 0.717) is 13.2 Å². The predicted molar refractivity (Wildman–Crippen MR) is 59.0 cm³/mol. The zero-order valence-corrected chi connectivity index (χ0v) is 9.79. The molecule has 1 aliphatic heterocycles. The van der Waals surface area contributed by atoms with E-state index < -0.39 is 5.60 Å². The first-order valence-electron chi connectivity index (χ1n) is 5.81. The van der Waals surface area contributed by atoms with Crippen molar-refractivity contribution in [2.45, 2.75) is 38.4 Å². The van der Waals surface area contributed by atoms with Crippen LogP contribution in [0.1, 0.15) is 26.7 Å². The maximum absolute atomic E-state index is 10.1. The molecule has 1 heterocycles. The van der Waals surface area contributed by atoms with E-state index in [-0.39, 0.29) is 6.10 Å². The Bertz CT molecular complexity index is 177. The van der Waals surface area contributed by atoms with Gasteiger partial charge in [0.1, 0.15) is 5.60 Å². The van der Waals surface area contributed by atoms with Gasteiger partial charge in [-0.25, -0.2) is 0 Å². The Morgan fingerprint density at radius 2 is 2.40 bits per heavy atom. The van der Waals surface area contributed by atoms with E-state index in [1.807, 2.05) is 13.8 Å². The largest absolute Gasteiger partial charge is 0.386 e. The number of hydrogen-bond acceptors (Lipinski definition) is 4. The van der Waals surface area contributed by atoms with E-state index in [9.17, 15) is 5.11 Å². The van der Waals surface area contributed by atoms with Crippen LogP contribution in [0.2, 0.25) is 0 Å². The molecule has 0 saturated carbocycles. The molecule has 0 amide bonds. The molecule has 2 N–H and O–H groups in total. The maximum Gasteiger partial charge on any atom is 0.105 e. The van der Waals surface area contributed by atoms with Gasteiger partial charge in [-0.15, -0.1) is 0 Å². The van der Waals surface area contributed by atoms with Crippen LogP contribution in [-0.2, 0) is 9.47 Å². The second-order valence-corrected chi connectivity index (χ2v) is 4.09. The molecule has 1 fully saturated rings. The maximum atomic E-state index is 10.1. The fraction of sp³-hybridized carbons (Fsp3) is 1.00. The number of hydrogen-bond donors (Lipinski definition) is 2. The van der Waals surface area contributed by atoms with Gasteiger partial charge in [0, 0.05) is 32.8 Å². The van der Waals surface area contributed by atoms with E-state index in [1.165, 1.54) is 0 Å². The first-order valence-corrected chi connectivity index (χ1v) is 5.81. The lowest BCUT2D eigenvalue weighted by Gasteiger charge is -2.26. The minimum atomic E-state index is -0.675. The molecular formula is C11H23NO3. The van der Waals surface area contributed by atoms with E-state index in [2.05, 4.69) is 5.32 Å². The topological polar surface area (TPSA) is 50.7 Å². The summed E-state index contributed by atoms with van der Waals surface area (Å²) in [5.74, 6) is 0. The van der Waals surface area contributed by atoms with E-state index in [4.69, 9.17) is 9.47 Å². The fourth-order valence-electron chi connectivity index (χ4n) is 1.75. The van der Waals surface area contributed by atoms with E-state index in [1.54, 1.807) is 0 Å². The molecule has 0 radical (unpaired) electrons. The molecule has 0 aromatic rings. The highest BCUT2D eigenvalue weighted by Crippen LogP contribution is 2.24. The van der Waals surface area contributed by atoms with Crippen molar-refractivity contribution in [2.75, 3.05) is 32.9 Å². The molecule has 1 rings (SSSR count). The number of nitrogens with one attached hydrogen (secondary N) is 1. The monoisotopic (exact) mass is 217 g/mol. The highest BCUT2D eigenvalue weighted by molar-refractivity contribution is 4.91. The Hall–Kier alpha value is -0.160. The molecule has 15 heavy (non-hydrogen) atoms. The summed E-state index contributed by atoms with van der Waals surface area (Å²) in [5.41, 5.74) is -0.675. The quantitative estimate of drug-likeness (QED) is 0.611. The van der Waals surface area contributed by atoms with Crippen LogP contribution >= 0.6 is 0 Å². The van der Waals surface area contributed by atoms with E-state index >= 15 is 0 Å². The lowest BCUT2D eigenvalue weighted by Crippen LogP contribution is -2.46. The average molecular weight is 217 g/mol. The van der Waals surface area contributed by atoms with Gasteiger partial charge in [-0.3, -0.25) is 0 Å². The van der Waals surface area contributed by atoms with Crippen molar-refractivity contribution in [1.29, 1.82) is 0 Å². The SMILES string of the molecule is CCOCCCNCC1(O)CCOC1C. The number of aliphatic hydroxyl groups is 1. The Labute approximate surface area is 92.0 Å². The van der Waals surface area contributed by atoms with Crippen molar-refractivity contribution >= 4 is 0 Å². The molecule has 2 atom stereocenters. The van der Waals surface area contributed by atoms with Crippen LogP contribution in [0.25, 0.3) is 0 Å². The summed E-state index contributed by atoms with van der Waals surface area (Å²) < 4.78 is 10.6. The van der Waals surface area contributed by atoms with Crippen LogP contribution in [0.5, 0.6) is 0 Å². The molecule has 1 saturated heterocycles.